The Morgan fingerprint density at radius 2 is 1.50 bits per heavy atom. The SMILES string of the molecule is O=C(c1ccccc1)[C@@H]([NH2+]C1CCCCC1)[C@H](Cl)c1ccccc1. The summed E-state index contributed by atoms with van der Waals surface area (Å²) in [5.74, 6) is 0.130. The number of halogens is 1. The largest absolute Gasteiger partial charge is 0.333 e. The van der Waals surface area contributed by atoms with Gasteiger partial charge in [0.05, 0.1) is 6.04 Å². The first-order valence-corrected chi connectivity index (χ1v) is 9.32. The molecule has 3 rings (SSSR count). The number of hydrogen-bond acceptors (Lipinski definition) is 1. The fourth-order valence-electron chi connectivity index (χ4n) is 3.58. The van der Waals surface area contributed by atoms with Crippen LogP contribution in [0.4, 0.5) is 0 Å². The summed E-state index contributed by atoms with van der Waals surface area (Å²) in [6, 6.07) is 19.7. The van der Waals surface area contributed by atoms with Gasteiger partial charge in [-0.05, 0) is 31.2 Å². The first kappa shape index (κ1) is 17.2. The van der Waals surface area contributed by atoms with Crippen LogP contribution in [-0.2, 0) is 0 Å². The maximum Gasteiger partial charge on any atom is 0.221 e. The van der Waals surface area contributed by atoms with Gasteiger partial charge in [-0.1, -0.05) is 67.1 Å². The van der Waals surface area contributed by atoms with E-state index in [9.17, 15) is 4.79 Å². The van der Waals surface area contributed by atoms with E-state index >= 15 is 0 Å². The maximum atomic E-state index is 13.1. The molecule has 2 aromatic carbocycles. The molecule has 24 heavy (non-hydrogen) atoms. The highest BCUT2D eigenvalue weighted by atomic mass is 35.5. The van der Waals surface area contributed by atoms with Gasteiger partial charge in [0.15, 0.2) is 6.04 Å². The summed E-state index contributed by atoms with van der Waals surface area (Å²) in [6.07, 6.45) is 6.18. The van der Waals surface area contributed by atoms with E-state index in [4.69, 9.17) is 11.6 Å². The van der Waals surface area contributed by atoms with Crippen LogP contribution < -0.4 is 5.32 Å². The third-order valence-corrected chi connectivity index (χ3v) is 5.45. The quantitative estimate of drug-likeness (QED) is 0.622. The number of ketones is 1. The smallest absolute Gasteiger partial charge is 0.221 e. The molecule has 0 amide bonds. The molecular weight excluding hydrogens is 318 g/mol. The van der Waals surface area contributed by atoms with Crippen molar-refractivity contribution in [3.63, 3.8) is 0 Å². The molecule has 2 atom stereocenters. The molecule has 0 spiro atoms. The summed E-state index contributed by atoms with van der Waals surface area (Å²) in [7, 11) is 0. The van der Waals surface area contributed by atoms with Crippen LogP contribution in [-0.4, -0.2) is 17.9 Å². The molecule has 0 heterocycles. The highest BCUT2D eigenvalue weighted by Crippen LogP contribution is 2.25. The molecule has 0 saturated heterocycles. The van der Waals surface area contributed by atoms with Gasteiger partial charge in [-0.15, -0.1) is 11.6 Å². The second-order valence-corrected chi connectivity index (χ2v) is 7.13. The normalized spacial score (nSPS) is 18.0. The summed E-state index contributed by atoms with van der Waals surface area (Å²) in [5, 5.41) is 1.92. The Kier molecular flexibility index (Phi) is 6.06. The molecule has 1 fully saturated rings. The zero-order chi connectivity index (χ0) is 16.8. The number of quaternary nitrogens is 1. The van der Waals surface area contributed by atoms with Crippen LogP contribution >= 0.6 is 11.6 Å². The number of carbonyl (C=O) groups excluding carboxylic acids is 1. The third kappa shape index (κ3) is 4.25. The average Bonchev–Trinajstić information content (AvgIpc) is 2.67. The van der Waals surface area contributed by atoms with Gasteiger partial charge in [0.25, 0.3) is 0 Å². The maximum absolute atomic E-state index is 13.1. The first-order valence-electron chi connectivity index (χ1n) is 8.89. The van der Waals surface area contributed by atoms with Crippen molar-refractivity contribution in [2.75, 3.05) is 0 Å². The zero-order valence-corrected chi connectivity index (χ0v) is 14.7. The Balaban J connectivity index is 1.83. The van der Waals surface area contributed by atoms with E-state index in [0.717, 1.165) is 11.1 Å². The minimum Gasteiger partial charge on any atom is -0.333 e. The molecule has 0 aromatic heterocycles. The van der Waals surface area contributed by atoms with E-state index in [-0.39, 0.29) is 17.2 Å². The lowest BCUT2D eigenvalue weighted by Crippen LogP contribution is -2.97. The molecule has 0 bridgehead atoms. The lowest BCUT2D eigenvalue weighted by Gasteiger charge is -2.27. The molecule has 3 heteroatoms. The second kappa shape index (κ2) is 8.46. The Hall–Kier alpha value is -1.64. The van der Waals surface area contributed by atoms with Crippen molar-refractivity contribution in [1.29, 1.82) is 0 Å². The number of carbonyl (C=O) groups is 1. The fraction of sp³-hybridized carbons (Fsp3) is 0.381. The summed E-state index contributed by atoms with van der Waals surface area (Å²) in [6.45, 7) is 0. The Morgan fingerprint density at radius 3 is 2.12 bits per heavy atom. The van der Waals surface area contributed by atoms with Crippen molar-refractivity contribution < 1.29 is 10.1 Å². The Morgan fingerprint density at radius 1 is 0.917 bits per heavy atom. The monoisotopic (exact) mass is 342 g/mol. The molecule has 1 aliphatic carbocycles. The minimum atomic E-state index is -0.319. The van der Waals surface area contributed by atoms with Crippen LogP contribution in [0.5, 0.6) is 0 Å². The molecule has 1 aliphatic rings. The van der Waals surface area contributed by atoms with Crippen molar-refractivity contribution in [1.82, 2.24) is 0 Å². The molecule has 0 unspecified atom stereocenters. The molecule has 2 N–H and O–H groups in total. The third-order valence-electron chi connectivity index (χ3n) is 4.92. The predicted molar refractivity (Wildman–Crippen MR) is 98.4 cm³/mol. The molecule has 2 nitrogen and oxygen atoms in total. The van der Waals surface area contributed by atoms with Crippen molar-refractivity contribution in [3.8, 4) is 0 Å². The van der Waals surface area contributed by atoms with Crippen molar-refractivity contribution in [3.05, 3.63) is 71.8 Å². The summed E-state index contributed by atoms with van der Waals surface area (Å²) < 4.78 is 0. The number of alkyl halides is 1. The zero-order valence-electron chi connectivity index (χ0n) is 13.9. The van der Waals surface area contributed by atoms with Crippen LogP contribution in [0.1, 0.15) is 53.4 Å². The number of hydrogen-bond donors (Lipinski definition) is 1. The minimum absolute atomic E-state index is 0.130. The predicted octanol–water partition coefficient (Wildman–Crippen LogP) is 4.11. The van der Waals surface area contributed by atoms with E-state index in [2.05, 4.69) is 5.32 Å². The Bertz CT molecular complexity index is 637. The van der Waals surface area contributed by atoms with Gasteiger partial charge in [0, 0.05) is 5.56 Å². The molecule has 0 aliphatic heterocycles. The van der Waals surface area contributed by atoms with E-state index in [1.807, 2.05) is 60.7 Å². The van der Waals surface area contributed by atoms with E-state index in [0.29, 0.717) is 6.04 Å². The van der Waals surface area contributed by atoms with Gasteiger partial charge >= 0.3 is 0 Å². The van der Waals surface area contributed by atoms with Gasteiger partial charge in [-0.25, -0.2) is 0 Å². The van der Waals surface area contributed by atoms with Crippen molar-refractivity contribution >= 4 is 17.4 Å². The van der Waals surface area contributed by atoms with Crippen LogP contribution in [0.3, 0.4) is 0 Å². The average molecular weight is 343 g/mol. The van der Waals surface area contributed by atoms with E-state index < -0.39 is 0 Å². The van der Waals surface area contributed by atoms with Crippen LogP contribution in [0, 0.1) is 0 Å². The number of Topliss-reactive ketones (excluding diaryl/α,β-unsaturated/α-hetero) is 1. The van der Waals surface area contributed by atoms with Gasteiger partial charge < -0.3 is 5.32 Å². The summed E-state index contributed by atoms with van der Waals surface area (Å²) in [5.41, 5.74) is 1.76. The second-order valence-electron chi connectivity index (χ2n) is 6.66. The molecule has 0 radical (unpaired) electrons. The van der Waals surface area contributed by atoms with E-state index in [1.165, 1.54) is 32.1 Å². The standard InChI is InChI=1S/C21H24ClNO/c22-19(16-10-4-1-5-11-16)20(23-18-14-8-3-9-15-18)21(24)17-12-6-2-7-13-17/h1-2,4-7,10-13,18-20,23H,3,8-9,14-15H2/p+1/t19-,20+/m1/s1. The molecular formula is C21H25ClNO+. The lowest BCUT2D eigenvalue weighted by molar-refractivity contribution is -0.711. The van der Waals surface area contributed by atoms with Crippen LogP contribution in [0.2, 0.25) is 0 Å². The first-order chi connectivity index (χ1) is 11.8. The molecule has 2 aromatic rings. The lowest BCUT2D eigenvalue weighted by atomic mass is 9.91. The topological polar surface area (TPSA) is 33.7 Å². The highest BCUT2D eigenvalue weighted by Gasteiger charge is 2.34. The van der Waals surface area contributed by atoms with Gasteiger partial charge in [0.1, 0.15) is 5.38 Å². The van der Waals surface area contributed by atoms with E-state index in [1.54, 1.807) is 0 Å². The Labute approximate surface area is 149 Å². The molecule has 1 saturated carbocycles. The van der Waals surface area contributed by atoms with Gasteiger partial charge in [-0.3, -0.25) is 4.79 Å². The van der Waals surface area contributed by atoms with Crippen molar-refractivity contribution in [2.24, 2.45) is 0 Å². The highest BCUT2D eigenvalue weighted by molar-refractivity contribution is 6.23. The molecule has 126 valence electrons. The fourth-order valence-corrected chi connectivity index (χ4v) is 3.92. The van der Waals surface area contributed by atoms with Gasteiger partial charge in [-0.2, -0.15) is 0 Å². The van der Waals surface area contributed by atoms with Gasteiger partial charge in [0.2, 0.25) is 5.78 Å². The summed E-state index contributed by atoms with van der Waals surface area (Å²) >= 11 is 6.78. The van der Waals surface area contributed by atoms with Crippen LogP contribution in [0.15, 0.2) is 60.7 Å². The number of benzene rings is 2. The summed E-state index contributed by atoms with van der Waals surface area (Å²) in [4.78, 5) is 13.1. The number of nitrogens with two attached hydrogens (primary N) is 1. The number of rotatable bonds is 6. The van der Waals surface area contributed by atoms with Crippen molar-refractivity contribution in [2.45, 2.75) is 49.6 Å². The van der Waals surface area contributed by atoms with Crippen LogP contribution in [0.25, 0.3) is 0 Å².